The number of aromatic nitrogens is 2. The zero-order valence-corrected chi connectivity index (χ0v) is 12.9. The molecule has 2 heterocycles. The summed E-state index contributed by atoms with van der Waals surface area (Å²) in [4.78, 5) is 36.7. The van der Waals surface area contributed by atoms with Crippen molar-refractivity contribution < 1.29 is 14.4 Å². The minimum absolute atomic E-state index is 0.0705. The molecule has 3 amide bonds. The first-order valence-electron chi connectivity index (χ1n) is 7.53. The third kappa shape index (κ3) is 3.27. The number of Topliss-reactive ketones (excluding diaryl/α,β-unsaturated/α-hetero) is 1. The highest BCUT2D eigenvalue weighted by atomic mass is 16.2. The maximum atomic E-state index is 12.0. The van der Waals surface area contributed by atoms with Crippen LogP contribution in [0, 0.1) is 0 Å². The Kier molecular flexibility index (Phi) is 4.28. The van der Waals surface area contributed by atoms with Gasteiger partial charge in [-0.15, -0.1) is 0 Å². The van der Waals surface area contributed by atoms with Crippen LogP contribution in [-0.4, -0.2) is 32.8 Å². The third-order valence-electron chi connectivity index (χ3n) is 3.89. The molecule has 0 saturated carbocycles. The number of fused-ring (bicyclic) bond motifs is 1. The number of carbonyl (C=O) groups is 3. The Morgan fingerprint density at radius 1 is 1.17 bits per heavy atom. The number of amides is 3. The van der Waals surface area contributed by atoms with Crippen LogP contribution in [0.1, 0.15) is 34.5 Å². The third-order valence-corrected chi connectivity index (χ3v) is 3.89. The maximum absolute atomic E-state index is 12.0. The standard InChI is InChI=1S/C16H17N5O3/c17-16(24)21-8-11-12(9-21)19-20-15(11)18-14(23)7-6-13(22)10-4-2-1-3-5-10/h1-5H,6-9H2,(H2,17,24)(H2,18,19,20,23). The van der Waals surface area contributed by atoms with Gasteiger partial charge in [0.25, 0.3) is 0 Å². The highest BCUT2D eigenvalue weighted by Crippen LogP contribution is 2.26. The van der Waals surface area contributed by atoms with Crippen LogP contribution in [0.5, 0.6) is 0 Å². The quantitative estimate of drug-likeness (QED) is 0.719. The summed E-state index contributed by atoms with van der Waals surface area (Å²) < 4.78 is 0. The van der Waals surface area contributed by atoms with Crippen LogP contribution in [0.15, 0.2) is 30.3 Å². The summed E-state index contributed by atoms with van der Waals surface area (Å²) in [6, 6.07) is 8.31. The lowest BCUT2D eigenvalue weighted by Crippen LogP contribution is -2.31. The average Bonchev–Trinajstić information content (AvgIpc) is 3.15. The number of anilines is 1. The molecule has 8 nitrogen and oxygen atoms in total. The molecule has 124 valence electrons. The van der Waals surface area contributed by atoms with Crippen molar-refractivity contribution in [1.82, 2.24) is 15.1 Å². The fraction of sp³-hybridized carbons (Fsp3) is 0.250. The summed E-state index contributed by atoms with van der Waals surface area (Å²) in [5.41, 5.74) is 7.27. The van der Waals surface area contributed by atoms with Gasteiger partial charge >= 0.3 is 6.03 Å². The molecule has 0 aliphatic carbocycles. The van der Waals surface area contributed by atoms with Crippen LogP contribution < -0.4 is 11.1 Å². The highest BCUT2D eigenvalue weighted by molar-refractivity contribution is 6.00. The lowest BCUT2D eigenvalue weighted by molar-refractivity contribution is -0.116. The van der Waals surface area contributed by atoms with E-state index < -0.39 is 6.03 Å². The van der Waals surface area contributed by atoms with Gasteiger partial charge in [0, 0.05) is 24.0 Å². The lowest BCUT2D eigenvalue weighted by atomic mass is 10.1. The molecule has 1 aromatic carbocycles. The molecule has 1 aliphatic rings. The van der Waals surface area contributed by atoms with Gasteiger partial charge in [-0.2, -0.15) is 5.10 Å². The van der Waals surface area contributed by atoms with E-state index >= 15 is 0 Å². The van der Waals surface area contributed by atoms with E-state index in [4.69, 9.17) is 5.73 Å². The number of nitrogens with one attached hydrogen (secondary N) is 2. The van der Waals surface area contributed by atoms with E-state index in [2.05, 4.69) is 15.5 Å². The van der Waals surface area contributed by atoms with Crippen molar-refractivity contribution in [2.75, 3.05) is 5.32 Å². The number of rotatable bonds is 5. The van der Waals surface area contributed by atoms with Crippen LogP contribution in [0.25, 0.3) is 0 Å². The molecule has 3 rings (SSSR count). The van der Waals surface area contributed by atoms with Crippen molar-refractivity contribution >= 4 is 23.5 Å². The fourth-order valence-electron chi connectivity index (χ4n) is 2.59. The summed E-state index contributed by atoms with van der Waals surface area (Å²) in [6.07, 6.45) is 0.195. The number of ketones is 1. The molecule has 0 unspecified atom stereocenters. The smallest absolute Gasteiger partial charge is 0.315 e. The number of nitrogens with zero attached hydrogens (tertiary/aromatic N) is 2. The SMILES string of the molecule is NC(=O)N1Cc2n[nH]c(NC(=O)CCC(=O)c3ccccc3)c2C1. The van der Waals surface area contributed by atoms with E-state index in [-0.39, 0.29) is 24.5 Å². The van der Waals surface area contributed by atoms with Crippen molar-refractivity contribution in [2.24, 2.45) is 5.73 Å². The second-order valence-corrected chi connectivity index (χ2v) is 5.56. The predicted molar refractivity (Wildman–Crippen MR) is 86.1 cm³/mol. The van der Waals surface area contributed by atoms with Gasteiger partial charge in [0.1, 0.15) is 5.82 Å². The molecule has 24 heavy (non-hydrogen) atoms. The molecule has 1 aromatic heterocycles. The summed E-state index contributed by atoms with van der Waals surface area (Å²) in [6.45, 7) is 0.628. The van der Waals surface area contributed by atoms with Gasteiger partial charge in [-0.25, -0.2) is 4.79 Å². The Balaban J connectivity index is 1.55. The van der Waals surface area contributed by atoms with E-state index in [1.807, 2.05) is 6.07 Å². The zero-order chi connectivity index (χ0) is 17.1. The minimum atomic E-state index is -0.529. The van der Waals surface area contributed by atoms with E-state index in [9.17, 15) is 14.4 Å². The number of hydrogen-bond acceptors (Lipinski definition) is 4. The Hall–Kier alpha value is -3.16. The summed E-state index contributed by atoms with van der Waals surface area (Å²) >= 11 is 0. The lowest BCUT2D eigenvalue weighted by Gasteiger charge is -2.11. The molecular weight excluding hydrogens is 310 g/mol. The Morgan fingerprint density at radius 2 is 1.92 bits per heavy atom. The van der Waals surface area contributed by atoms with Crippen LogP contribution >= 0.6 is 0 Å². The minimum Gasteiger partial charge on any atom is -0.351 e. The van der Waals surface area contributed by atoms with Crippen molar-refractivity contribution in [2.45, 2.75) is 25.9 Å². The normalized spacial score (nSPS) is 12.8. The second kappa shape index (κ2) is 6.53. The number of nitrogens with two attached hydrogens (primary N) is 1. The van der Waals surface area contributed by atoms with E-state index in [1.54, 1.807) is 24.3 Å². The fourth-order valence-corrected chi connectivity index (χ4v) is 2.59. The van der Waals surface area contributed by atoms with Crippen molar-refractivity contribution in [1.29, 1.82) is 0 Å². The van der Waals surface area contributed by atoms with Gasteiger partial charge in [0.15, 0.2) is 5.78 Å². The van der Waals surface area contributed by atoms with Gasteiger partial charge < -0.3 is 16.0 Å². The molecular formula is C16H17N5O3. The molecule has 1 aliphatic heterocycles. The number of primary amides is 1. The van der Waals surface area contributed by atoms with Crippen LogP contribution in [0.2, 0.25) is 0 Å². The maximum Gasteiger partial charge on any atom is 0.315 e. The van der Waals surface area contributed by atoms with E-state index in [1.165, 1.54) is 4.90 Å². The van der Waals surface area contributed by atoms with E-state index in [0.717, 1.165) is 5.56 Å². The highest BCUT2D eigenvalue weighted by Gasteiger charge is 2.27. The molecule has 8 heteroatoms. The molecule has 0 fully saturated rings. The van der Waals surface area contributed by atoms with Gasteiger partial charge in [-0.05, 0) is 0 Å². The monoisotopic (exact) mass is 327 g/mol. The molecule has 0 saturated heterocycles. The Labute approximate surface area is 138 Å². The van der Waals surface area contributed by atoms with Gasteiger partial charge in [-0.1, -0.05) is 30.3 Å². The number of aromatic amines is 1. The van der Waals surface area contributed by atoms with E-state index in [0.29, 0.717) is 30.2 Å². The first-order valence-corrected chi connectivity index (χ1v) is 7.53. The number of H-pyrrole nitrogens is 1. The first-order chi connectivity index (χ1) is 11.5. The molecule has 0 spiro atoms. The average molecular weight is 327 g/mol. The Bertz CT molecular complexity index is 784. The summed E-state index contributed by atoms with van der Waals surface area (Å²) in [5.74, 6) is 0.0784. The topological polar surface area (TPSA) is 121 Å². The summed E-state index contributed by atoms with van der Waals surface area (Å²) in [7, 11) is 0. The Morgan fingerprint density at radius 3 is 2.62 bits per heavy atom. The van der Waals surface area contributed by atoms with Crippen molar-refractivity contribution in [3.63, 3.8) is 0 Å². The molecule has 4 N–H and O–H groups in total. The molecule has 0 radical (unpaired) electrons. The van der Waals surface area contributed by atoms with Crippen LogP contribution in [0.3, 0.4) is 0 Å². The zero-order valence-electron chi connectivity index (χ0n) is 12.9. The molecule has 0 atom stereocenters. The number of urea groups is 1. The second-order valence-electron chi connectivity index (χ2n) is 5.56. The van der Waals surface area contributed by atoms with Crippen LogP contribution in [-0.2, 0) is 17.9 Å². The number of carbonyl (C=O) groups excluding carboxylic acids is 3. The number of hydrogen-bond donors (Lipinski definition) is 3. The number of benzene rings is 1. The van der Waals surface area contributed by atoms with Crippen molar-refractivity contribution in [3.05, 3.63) is 47.2 Å². The van der Waals surface area contributed by atoms with Crippen molar-refractivity contribution in [3.8, 4) is 0 Å². The van der Waals surface area contributed by atoms with Gasteiger partial charge in [0.05, 0.1) is 18.8 Å². The van der Waals surface area contributed by atoms with Gasteiger partial charge in [0.2, 0.25) is 5.91 Å². The van der Waals surface area contributed by atoms with Gasteiger partial charge in [-0.3, -0.25) is 14.7 Å². The molecule has 2 aromatic rings. The summed E-state index contributed by atoms with van der Waals surface area (Å²) in [5, 5.41) is 9.51. The van der Waals surface area contributed by atoms with Crippen LogP contribution in [0.4, 0.5) is 10.6 Å². The first kappa shape index (κ1) is 15.7. The predicted octanol–water partition coefficient (Wildman–Crippen LogP) is 1.41. The largest absolute Gasteiger partial charge is 0.351 e. The molecule has 0 bridgehead atoms.